The van der Waals surface area contributed by atoms with Gasteiger partial charge in [-0.25, -0.2) is 14.6 Å². The summed E-state index contributed by atoms with van der Waals surface area (Å²) < 4.78 is 52.1. The highest BCUT2D eigenvalue weighted by Gasteiger charge is 2.46. The lowest BCUT2D eigenvalue weighted by Crippen LogP contribution is -2.37. The summed E-state index contributed by atoms with van der Waals surface area (Å²) in [7, 11) is 0. The van der Waals surface area contributed by atoms with E-state index in [1.807, 2.05) is 0 Å². The SMILES string of the molecule is Cc1cc(F)ccc1N1NCC(C(=O)O)=C1C(F)(F)F. The molecule has 108 valence electrons. The zero-order chi connectivity index (χ0) is 15.1. The minimum absolute atomic E-state index is 0.0509. The van der Waals surface area contributed by atoms with Gasteiger partial charge in [-0.3, -0.25) is 5.01 Å². The fourth-order valence-electron chi connectivity index (χ4n) is 2.01. The number of carboxylic acids is 1. The number of carboxylic acid groups (broad SMARTS) is 1. The normalized spacial score (nSPS) is 15.9. The monoisotopic (exact) mass is 290 g/mol. The molecule has 0 atom stereocenters. The van der Waals surface area contributed by atoms with Crippen molar-refractivity contribution in [2.75, 3.05) is 11.6 Å². The number of hydrazine groups is 1. The van der Waals surface area contributed by atoms with E-state index in [9.17, 15) is 22.4 Å². The number of benzene rings is 1. The lowest BCUT2D eigenvalue weighted by atomic mass is 10.1. The lowest BCUT2D eigenvalue weighted by Gasteiger charge is -2.25. The van der Waals surface area contributed by atoms with Crippen LogP contribution in [0.5, 0.6) is 0 Å². The van der Waals surface area contributed by atoms with Crippen molar-refractivity contribution in [3.05, 3.63) is 40.8 Å². The molecule has 2 rings (SSSR count). The number of nitrogens with one attached hydrogen (secondary N) is 1. The largest absolute Gasteiger partial charge is 0.478 e. The molecule has 0 saturated heterocycles. The van der Waals surface area contributed by atoms with Crippen molar-refractivity contribution in [1.82, 2.24) is 5.43 Å². The van der Waals surface area contributed by atoms with Crippen LogP contribution in [-0.2, 0) is 4.79 Å². The summed E-state index contributed by atoms with van der Waals surface area (Å²) in [4.78, 5) is 10.9. The number of alkyl halides is 3. The van der Waals surface area contributed by atoms with Gasteiger partial charge in [-0.1, -0.05) is 0 Å². The fourth-order valence-corrected chi connectivity index (χ4v) is 2.01. The molecule has 1 aliphatic rings. The molecule has 0 spiro atoms. The highest BCUT2D eigenvalue weighted by Crippen LogP contribution is 2.37. The molecule has 0 bridgehead atoms. The van der Waals surface area contributed by atoms with E-state index in [1.165, 1.54) is 6.92 Å². The van der Waals surface area contributed by atoms with Crippen LogP contribution in [0.1, 0.15) is 5.56 Å². The van der Waals surface area contributed by atoms with Crippen LogP contribution in [0.4, 0.5) is 23.2 Å². The zero-order valence-corrected chi connectivity index (χ0v) is 10.3. The van der Waals surface area contributed by atoms with E-state index >= 15 is 0 Å². The average Bonchev–Trinajstić information content (AvgIpc) is 2.73. The highest BCUT2D eigenvalue weighted by molar-refractivity contribution is 5.90. The molecular formula is C12H10F4N2O2. The molecule has 1 heterocycles. The van der Waals surface area contributed by atoms with Crippen LogP contribution in [0.15, 0.2) is 29.5 Å². The molecule has 0 unspecified atom stereocenters. The summed E-state index contributed by atoms with van der Waals surface area (Å²) in [6, 6.07) is 3.24. The number of carbonyl (C=O) groups is 1. The molecule has 2 N–H and O–H groups in total. The molecule has 0 aliphatic carbocycles. The van der Waals surface area contributed by atoms with Crippen LogP contribution in [0.2, 0.25) is 0 Å². The van der Waals surface area contributed by atoms with Gasteiger partial charge in [0.05, 0.1) is 11.3 Å². The van der Waals surface area contributed by atoms with Crippen molar-refractivity contribution in [1.29, 1.82) is 0 Å². The lowest BCUT2D eigenvalue weighted by molar-refractivity contribution is -0.133. The number of aryl methyl sites for hydroxylation is 1. The Morgan fingerprint density at radius 2 is 2.05 bits per heavy atom. The molecule has 8 heteroatoms. The van der Waals surface area contributed by atoms with E-state index < -0.39 is 35.8 Å². The molecule has 0 fully saturated rings. The first kappa shape index (κ1) is 14.3. The van der Waals surface area contributed by atoms with Gasteiger partial charge >= 0.3 is 12.1 Å². The number of aliphatic carboxylic acids is 1. The third-order valence-electron chi connectivity index (χ3n) is 2.85. The topological polar surface area (TPSA) is 52.6 Å². The molecule has 4 nitrogen and oxygen atoms in total. The molecule has 1 aromatic rings. The second-order valence-electron chi connectivity index (χ2n) is 4.23. The molecule has 0 amide bonds. The highest BCUT2D eigenvalue weighted by atomic mass is 19.4. The summed E-state index contributed by atoms with van der Waals surface area (Å²) in [6.07, 6.45) is -4.84. The minimum Gasteiger partial charge on any atom is -0.478 e. The van der Waals surface area contributed by atoms with Gasteiger partial charge in [0.25, 0.3) is 0 Å². The summed E-state index contributed by atoms with van der Waals surface area (Å²) >= 11 is 0. The summed E-state index contributed by atoms with van der Waals surface area (Å²) in [5.74, 6) is -2.23. The number of rotatable bonds is 2. The number of hydrogen-bond acceptors (Lipinski definition) is 3. The third-order valence-corrected chi connectivity index (χ3v) is 2.85. The van der Waals surface area contributed by atoms with E-state index in [-0.39, 0.29) is 11.3 Å². The standard InChI is InChI=1S/C12H10F4N2O2/c1-6-4-7(13)2-3-9(6)18-10(12(14,15)16)8(5-17-18)11(19)20/h2-4,17H,5H2,1H3,(H,19,20). The Hall–Kier alpha value is -2.09. The van der Waals surface area contributed by atoms with Gasteiger partial charge in [-0.15, -0.1) is 0 Å². The average molecular weight is 290 g/mol. The predicted octanol–water partition coefficient (Wildman–Crippen LogP) is 2.36. The third kappa shape index (κ3) is 2.46. The quantitative estimate of drug-likeness (QED) is 0.821. The van der Waals surface area contributed by atoms with Gasteiger partial charge in [0, 0.05) is 6.54 Å². The van der Waals surface area contributed by atoms with Crippen LogP contribution in [0.3, 0.4) is 0 Å². The summed E-state index contributed by atoms with van der Waals surface area (Å²) in [5.41, 5.74) is 0.595. The van der Waals surface area contributed by atoms with Gasteiger partial charge in [0.2, 0.25) is 0 Å². The summed E-state index contributed by atoms with van der Waals surface area (Å²) in [5, 5.41) is 9.48. The number of allylic oxidation sites excluding steroid dienone is 1. The first-order valence-electron chi connectivity index (χ1n) is 5.55. The van der Waals surface area contributed by atoms with Gasteiger partial charge in [0.15, 0.2) is 5.70 Å². The van der Waals surface area contributed by atoms with Crippen LogP contribution >= 0.6 is 0 Å². The Labute approximate surface area is 111 Å². The maximum Gasteiger partial charge on any atom is 0.433 e. The number of nitrogens with zero attached hydrogens (tertiary/aromatic N) is 1. The number of hydrogen-bond donors (Lipinski definition) is 2. The summed E-state index contributed by atoms with van der Waals surface area (Å²) in [6.45, 7) is 0.980. The van der Waals surface area contributed by atoms with E-state index in [0.717, 1.165) is 18.2 Å². The van der Waals surface area contributed by atoms with E-state index in [0.29, 0.717) is 5.01 Å². The Morgan fingerprint density at radius 1 is 1.40 bits per heavy atom. The van der Waals surface area contributed by atoms with Crippen molar-refractivity contribution >= 4 is 11.7 Å². The van der Waals surface area contributed by atoms with Gasteiger partial charge < -0.3 is 5.11 Å². The van der Waals surface area contributed by atoms with Gasteiger partial charge in [-0.05, 0) is 30.7 Å². The first-order chi connectivity index (χ1) is 9.21. The predicted molar refractivity (Wildman–Crippen MR) is 62.3 cm³/mol. The van der Waals surface area contributed by atoms with Crippen LogP contribution < -0.4 is 10.4 Å². The van der Waals surface area contributed by atoms with Crippen LogP contribution in [0, 0.1) is 12.7 Å². The smallest absolute Gasteiger partial charge is 0.433 e. The minimum atomic E-state index is -4.84. The van der Waals surface area contributed by atoms with Crippen molar-refractivity contribution in [3.63, 3.8) is 0 Å². The molecule has 20 heavy (non-hydrogen) atoms. The molecular weight excluding hydrogens is 280 g/mol. The second-order valence-corrected chi connectivity index (χ2v) is 4.23. The van der Waals surface area contributed by atoms with Crippen LogP contribution in [-0.4, -0.2) is 23.8 Å². The zero-order valence-electron chi connectivity index (χ0n) is 10.3. The van der Waals surface area contributed by atoms with Gasteiger partial charge in [0.1, 0.15) is 5.82 Å². The maximum absolute atomic E-state index is 13.0. The van der Waals surface area contributed by atoms with Crippen molar-refractivity contribution in [3.8, 4) is 0 Å². The molecule has 0 saturated carbocycles. The van der Waals surface area contributed by atoms with E-state index in [4.69, 9.17) is 5.11 Å². The second kappa shape index (κ2) is 4.78. The number of anilines is 1. The van der Waals surface area contributed by atoms with Crippen LogP contribution in [0.25, 0.3) is 0 Å². The Balaban J connectivity index is 2.55. The van der Waals surface area contributed by atoms with Crippen molar-refractivity contribution < 1.29 is 27.5 Å². The molecule has 1 aromatic carbocycles. The van der Waals surface area contributed by atoms with Crippen molar-refractivity contribution in [2.24, 2.45) is 0 Å². The van der Waals surface area contributed by atoms with Gasteiger partial charge in [-0.2, -0.15) is 13.2 Å². The first-order valence-corrected chi connectivity index (χ1v) is 5.55. The maximum atomic E-state index is 13.0. The van der Waals surface area contributed by atoms with E-state index in [2.05, 4.69) is 5.43 Å². The molecule has 0 aromatic heterocycles. The Kier molecular flexibility index (Phi) is 3.43. The van der Waals surface area contributed by atoms with Crippen molar-refractivity contribution in [2.45, 2.75) is 13.1 Å². The number of halogens is 4. The fraction of sp³-hybridized carbons (Fsp3) is 0.250. The Bertz CT molecular complexity index is 596. The Morgan fingerprint density at radius 3 is 2.55 bits per heavy atom. The molecule has 0 radical (unpaired) electrons. The van der Waals surface area contributed by atoms with E-state index in [1.54, 1.807) is 0 Å². The molecule has 1 aliphatic heterocycles.